The SMILES string of the molecule is CC(NC(=O)CNC(=O)c1ccc(Cl)cc1Cl)c1ccc(-n2ccnc2)cc1. The smallest absolute Gasteiger partial charge is 0.253 e. The van der Waals surface area contributed by atoms with E-state index >= 15 is 0 Å². The summed E-state index contributed by atoms with van der Waals surface area (Å²) in [6, 6.07) is 12.1. The van der Waals surface area contributed by atoms with Crippen molar-refractivity contribution in [2.24, 2.45) is 0 Å². The lowest BCUT2D eigenvalue weighted by Gasteiger charge is -2.15. The van der Waals surface area contributed by atoms with Crippen LogP contribution in [0, 0.1) is 0 Å². The van der Waals surface area contributed by atoms with E-state index in [1.807, 2.05) is 42.0 Å². The molecule has 1 aromatic heterocycles. The molecule has 1 unspecified atom stereocenters. The Bertz CT molecular complexity index is 972. The Morgan fingerprint density at radius 3 is 2.54 bits per heavy atom. The summed E-state index contributed by atoms with van der Waals surface area (Å²) in [4.78, 5) is 28.3. The third kappa shape index (κ3) is 4.91. The highest BCUT2D eigenvalue weighted by atomic mass is 35.5. The Balaban J connectivity index is 1.53. The predicted molar refractivity (Wildman–Crippen MR) is 109 cm³/mol. The van der Waals surface area contributed by atoms with Crippen LogP contribution in [0.3, 0.4) is 0 Å². The summed E-state index contributed by atoms with van der Waals surface area (Å²) in [6.45, 7) is 1.72. The highest BCUT2D eigenvalue weighted by Crippen LogP contribution is 2.20. The van der Waals surface area contributed by atoms with Gasteiger partial charge in [0.25, 0.3) is 5.91 Å². The molecule has 0 saturated carbocycles. The number of hydrogen-bond donors (Lipinski definition) is 2. The van der Waals surface area contributed by atoms with E-state index in [1.165, 1.54) is 12.1 Å². The molecule has 1 heterocycles. The fourth-order valence-corrected chi connectivity index (χ4v) is 3.15. The lowest BCUT2D eigenvalue weighted by atomic mass is 10.1. The van der Waals surface area contributed by atoms with Crippen LogP contribution in [0.4, 0.5) is 0 Å². The molecule has 0 aliphatic rings. The van der Waals surface area contributed by atoms with E-state index in [9.17, 15) is 9.59 Å². The van der Waals surface area contributed by atoms with Gasteiger partial charge in [-0.3, -0.25) is 9.59 Å². The topological polar surface area (TPSA) is 76.0 Å². The Morgan fingerprint density at radius 1 is 1.14 bits per heavy atom. The molecular weight excluding hydrogens is 399 g/mol. The van der Waals surface area contributed by atoms with Crippen LogP contribution in [-0.4, -0.2) is 27.9 Å². The number of hydrogen-bond acceptors (Lipinski definition) is 3. The molecule has 6 nitrogen and oxygen atoms in total. The molecule has 0 radical (unpaired) electrons. The van der Waals surface area contributed by atoms with Crippen molar-refractivity contribution in [3.63, 3.8) is 0 Å². The van der Waals surface area contributed by atoms with Gasteiger partial charge >= 0.3 is 0 Å². The lowest BCUT2D eigenvalue weighted by Crippen LogP contribution is -2.38. The number of halogens is 2. The van der Waals surface area contributed by atoms with Gasteiger partial charge in [-0.05, 0) is 42.8 Å². The lowest BCUT2D eigenvalue weighted by molar-refractivity contribution is -0.120. The molecule has 0 aliphatic heterocycles. The van der Waals surface area contributed by atoms with Gasteiger partial charge in [-0.2, -0.15) is 0 Å². The minimum atomic E-state index is -0.436. The second-order valence-electron chi connectivity index (χ2n) is 6.16. The summed E-state index contributed by atoms with van der Waals surface area (Å²) in [7, 11) is 0. The van der Waals surface area contributed by atoms with E-state index in [2.05, 4.69) is 15.6 Å². The first-order valence-corrected chi connectivity index (χ1v) is 9.30. The average molecular weight is 417 g/mol. The molecule has 2 amide bonds. The van der Waals surface area contributed by atoms with Gasteiger partial charge in [-0.15, -0.1) is 0 Å². The number of nitrogens with one attached hydrogen (secondary N) is 2. The van der Waals surface area contributed by atoms with Gasteiger partial charge in [-0.25, -0.2) is 4.98 Å². The van der Waals surface area contributed by atoms with Crippen molar-refractivity contribution in [3.05, 3.63) is 82.4 Å². The zero-order valence-electron chi connectivity index (χ0n) is 15.0. The third-order valence-electron chi connectivity index (χ3n) is 4.16. The van der Waals surface area contributed by atoms with Crippen molar-refractivity contribution >= 4 is 35.0 Å². The van der Waals surface area contributed by atoms with Crippen LogP contribution < -0.4 is 10.6 Å². The van der Waals surface area contributed by atoms with E-state index in [-0.39, 0.29) is 29.1 Å². The quantitative estimate of drug-likeness (QED) is 0.641. The average Bonchev–Trinajstić information content (AvgIpc) is 3.21. The molecule has 0 fully saturated rings. The summed E-state index contributed by atoms with van der Waals surface area (Å²) in [5.41, 5.74) is 2.19. The van der Waals surface area contributed by atoms with E-state index in [1.54, 1.807) is 18.6 Å². The van der Waals surface area contributed by atoms with E-state index < -0.39 is 5.91 Å². The van der Waals surface area contributed by atoms with Gasteiger partial charge in [-0.1, -0.05) is 35.3 Å². The van der Waals surface area contributed by atoms with Crippen molar-refractivity contribution in [1.82, 2.24) is 20.2 Å². The molecule has 28 heavy (non-hydrogen) atoms. The molecule has 0 spiro atoms. The minimum absolute atomic E-state index is 0.157. The second kappa shape index (κ2) is 8.91. The van der Waals surface area contributed by atoms with E-state index in [4.69, 9.17) is 23.2 Å². The number of benzene rings is 2. The van der Waals surface area contributed by atoms with Crippen LogP contribution in [0.1, 0.15) is 28.9 Å². The Morgan fingerprint density at radius 2 is 1.89 bits per heavy atom. The molecule has 144 valence electrons. The van der Waals surface area contributed by atoms with Crippen LogP contribution in [0.5, 0.6) is 0 Å². The van der Waals surface area contributed by atoms with Gasteiger partial charge in [0, 0.05) is 23.1 Å². The molecule has 8 heteroatoms. The molecule has 0 bridgehead atoms. The monoisotopic (exact) mass is 416 g/mol. The Labute approximate surface area is 172 Å². The normalized spacial score (nSPS) is 11.7. The maximum atomic E-state index is 12.2. The summed E-state index contributed by atoms with van der Waals surface area (Å²) < 4.78 is 1.89. The van der Waals surface area contributed by atoms with Crippen molar-refractivity contribution in [3.8, 4) is 5.69 Å². The maximum Gasteiger partial charge on any atom is 0.253 e. The van der Waals surface area contributed by atoms with Gasteiger partial charge < -0.3 is 15.2 Å². The van der Waals surface area contributed by atoms with Crippen molar-refractivity contribution in [2.45, 2.75) is 13.0 Å². The number of amides is 2. The number of carbonyl (C=O) groups excluding carboxylic acids is 2. The first-order valence-electron chi connectivity index (χ1n) is 8.55. The highest BCUT2D eigenvalue weighted by Gasteiger charge is 2.14. The molecule has 1 atom stereocenters. The summed E-state index contributed by atoms with van der Waals surface area (Å²) in [5.74, 6) is -0.737. The minimum Gasteiger partial charge on any atom is -0.348 e. The molecular formula is C20H18Cl2N4O2. The van der Waals surface area contributed by atoms with Crippen molar-refractivity contribution in [2.75, 3.05) is 6.54 Å². The van der Waals surface area contributed by atoms with E-state index in [0.717, 1.165) is 11.3 Å². The fraction of sp³-hybridized carbons (Fsp3) is 0.150. The standard InChI is InChI=1S/C20H18Cl2N4O2/c1-13(14-2-5-16(6-3-14)26-9-8-23-12-26)25-19(27)11-24-20(28)17-7-4-15(21)10-18(17)22/h2-10,12-13H,11H2,1H3,(H,24,28)(H,25,27). The van der Waals surface area contributed by atoms with Crippen molar-refractivity contribution < 1.29 is 9.59 Å². The Hall–Kier alpha value is -2.83. The van der Waals surface area contributed by atoms with Gasteiger partial charge in [0.1, 0.15) is 0 Å². The number of rotatable bonds is 6. The molecule has 3 aromatic rings. The first kappa shape index (κ1) is 19.9. The van der Waals surface area contributed by atoms with Crippen LogP contribution in [0.2, 0.25) is 10.0 Å². The van der Waals surface area contributed by atoms with Gasteiger partial charge in [0.2, 0.25) is 5.91 Å². The number of imidazole rings is 1. The summed E-state index contributed by atoms with van der Waals surface area (Å²) >= 11 is 11.8. The van der Waals surface area contributed by atoms with E-state index in [0.29, 0.717) is 5.02 Å². The van der Waals surface area contributed by atoms with Crippen LogP contribution in [0.25, 0.3) is 5.69 Å². The molecule has 3 rings (SSSR count). The molecule has 0 aliphatic carbocycles. The number of carbonyl (C=O) groups is 2. The zero-order chi connectivity index (χ0) is 20.1. The van der Waals surface area contributed by atoms with Crippen LogP contribution in [-0.2, 0) is 4.79 Å². The highest BCUT2D eigenvalue weighted by molar-refractivity contribution is 6.36. The zero-order valence-corrected chi connectivity index (χ0v) is 16.5. The van der Waals surface area contributed by atoms with Crippen LogP contribution >= 0.6 is 23.2 Å². The van der Waals surface area contributed by atoms with Crippen molar-refractivity contribution in [1.29, 1.82) is 0 Å². The maximum absolute atomic E-state index is 12.2. The number of nitrogens with zero attached hydrogens (tertiary/aromatic N) is 2. The van der Waals surface area contributed by atoms with Gasteiger partial charge in [0.05, 0.1) is 29.5 Å². The largest absolute Gasteiger partial charge is 0.348 e. The first-order chi connectivity index (χ1) is 13.4. The van der Waals surface area contributed by atoms with Crippen LogP contribution in [0.15, 0.2) is 61.2 Å². The fourth-order valence-electron chi connectivity index (χ4n) is 2.65. The summed E-state index contributed by atoms with van der Waals surface area (Å²) in [6.07, 6.45) is 5.29. The third-order valence-corrected chi connectivity index (χ3v) is 4.71. The molecule has 0 saturated heterocycles. The second-order valence-corrected chi connectivity index (χ2v) is 7.00. The van der Waals surface area contributed by atoms with Gasteiger partial charge in [0.15, 0.2) is 0 Å². The number of aromatic nitrogens is 2. The molecule has 2 N–H and O–H groups in total. The summed E-state index contributed by atoms with van der Waals surface area (Å²) in [5, 5.41) is 6.08. The Kier molecular flexibility index (Phi) is 6.34. The predicted octanol–water partition coefficient (Wildman–Crippen LogP) is 3.79. The molecule has 2 aromatic carbocycles.